The Bertz CT molecular complexity index is 905. The molecule has 0 atom stereocenters. The van der Waals surface area contributed by atoms with Crippen molar-refractivity contribution in [1.82, 2.24) is 4.98 Å². The van der Waals surface area contributed by atoms with Crippen LogP contribution in [0.25, 0.3) is 10.9 Å². The number of nitrogens with zero attached hydrogens (tertiary/aromatic N) is 1. The molecular formula is C18H13F3N2O. The Kier molecular flexibility index (Phi) is 3.97. The number of Topliss-reactive ketones (excluding diaryl/α,β-unsaturated/α-hetero) is 1. The Morgan fingerprint density at radius 3 is 2.42 bits per heavy atom. The smallest absolute Gasteiger partial charge is 0.397 e. The highest BCUT2D eigenvalue weighted by atomic mass is 19.4. The molecule has 122 valence electrons. The monoisotopic (exact) mass is 330 g/mol. The van der Waals surface area contributed by atoms with Crippen molar-refractivity contribution in [3.63, 3.8) is 0 Å². The lowest BCUT2D eigenvalue weighted by atomic mass is 10.0. The van der Waals surface area contributed by atoms with Crippen LogP contribution in [0.5, 0.6) is 0 Å². The van der Waals surface area contributed by atoms with Gasteiger partial charge in [-0.25, -0.2) is 0 Å². The number of carbonyl (C=O) groups is 1. The third kappa shape index (κ3) is 3.08. The van der Waals surface area contributed by atoms with E-state index < -0.39 is 11.7 Å². The Labute approximate surface area is 135 Å². The van der Waals surface area contributed by atoms with E-state index >= 15 is 0 Å². The lowest BCUT2D eigenvalue weighted by molar-refractivity contribution is -0.136. The van der Waals surface area contributed by atoms with Crippen LogP contribution in [0, 0.1) is 0 Å². The van der Waals surface area contributed by atoms with Crippen LogP contribution in [0.2, 0.25) is 0 Å². The first-order chi connectivity index (χ1) is 11.4. The summed E-state index contributed by atoms with van der Waals surface area (Å²) in [6.07, 6.45) is -4.78. The first kappa shape index (κ1) is 16.0. The predicted octanol–water partition coefficient (Wildman–Crippen LogP) is 4.26. The zero-order valence-corrected chi connectivity index (χ0v) is 12.5. The molecule has 3 rings (SSSR count). The maximum Gasteiger partial charge on any atom is 0.417 e. The summed E-state index contributed by atoms with van der Waals surface area (Å²) < 4.78 is 40.0. The van der Waals surface area contributed by atoms with Gasteiger partial charge in [0, 0.05) is 16.6 Å². The number of benzene rings is 2. The highest BCUT2D eigenvalue weighted by molar-refractivity contribution is 5.98. The second-order valence-corrected chi connectivity index (χ2v) is 5.37. The van der Waals surface area contributed by atoms with Gasteiger partial charge in [0.1, 0.15) is 0 Å². The second-order valence-electron chi connectivity index (χ2n) is 5.37. The number of pyridine rings is 1. The number of para-hydroxylation sites is 1. The molecule has 0 aliphatic heterocycles. The summed E-state index contributed by atoms with van der Waals surface area (Å²) in [6, 6.07) is 13.5. The van der Waals surface area contributed by atoms with Crippen LogP contribution in [0.3, 0.4) is 0 Å². The van der Waals surface area contributed by atoms with Crippen molar-refractivity contribution in [3.8, 4) is 0 Å². The Hall–Kier alpha value is -2.89. The zero-order valence-electron chi connectivity index (χ0n) is 12.5. The summed E-state index contributed by atoms with van der Waals surface area (Å²) in [7, 11) is 0. The number of rotatable bonds is 3. The number of hydrogen-bond acceptors (Lipinski definition) is 3. The molecule has 0 saturated heterocycles. The molecule has 2 aromatic carbocycles. The number of carbonyl (C=O) groups excluding carboxylic acids is 1. The summed E-state index contributed by atoms with van der Waals surface area (Å²) >= 11 is 0. The number of alkyl halides is 3. The molecule has 24 heavy (non-hydrogen) atoms. The summed E-state index contributed by atoms with van der Waals surface area (Å²) in [5.74, 6) is -0.301. The molecule has 0 bridgehead atoms. The Morgan fingerprint density at radius 2 is 1.75 bits per heavy atom. The van der Waals surface area contributed by atoms with Crippen LogP contribution in [-0.2, 0) is 12.6 Å². The molecule has 0 spiro atoms. The van der Waals surface area contributed by atoms with E-state index in [-0.39, 0.29) is 34.5 Å². The average molecular weight is 330 g/mol. The summed E-state index contributed by atoms with van der Waals surface area (Å²) in [5.41, 5.74) is 5.60. The first-order valence-corrected chi connectivity index (χ1v) is 7.20. The van der Waals surface area contributed by atoms with Crippen molar-refractivity contribution in [1.29, 1.82) is 0 Å². The minimum absolute atomic E-state index is 0.0431. The van der Waals surface area contributed by atoms with Gasteiger partial charge in [-0.3, -0.25) is 9.78 Å². The van der Waals surface area contributed by atoms with Gasteiger partial charge in [-0.15, -0.1) is 0 Å². The SMILES string of the molecule is Nc1cccc2c(C(F)(F)F)cc(CC(=O)c3ccccc3)nc12. The number of hydrogen-bond donors (Lipinski definition) is 1. The van der Waals surface area contributed by atoms with Crippen molar-refractivity contribution >= 4 is 22.4 Å². The molecule has 3 aromatic rings. The second kappa shape index (κ2) is 5.96. The third-order valence-corrected chi connectivity index (χ3v) is 3.67. The van der Waals surface area contributed by atoms with E-state index in [2.05, 4.69) is 4.98 Å². The van der Waals surface area contributed by atoms with Crippen molar-refractivity contribution in [2.45, 2.75) is 12.6 Å². The lowest BCUT2D eigenvalue weighted by Gasteiger charge is -2.13. The molecule has 2 N–H and O–H groups in total. The molecule has 0 aliphatic rings. The van der Waals surface area contributed by atoms with Gasteiger partial charge in [0.05, 0.1) is 23.2 Å². The topological polar surface area (TPSA) is 56.0 Å². The van der Waals surface area contributed by atoms with Gasteiger partial charge in [0.15, 0.2) is 5.78 Å². The van der Waals surface area contributed by atoms with Crippen LogP contribution in [0.1, 0.15) is 21.6 Å². The maximum absolute atomic E-state index is 13.3. The summed E-state index contributed by atoms with van der Waals surface area (Å²) in [6.45, 7) is 0. The fourth-order valence-corrected chi connectivity index (χ4v) is 2.54. The number of anilines is 1. The molecule has 1 aromatic heterocycles. The van der Waals surface area contributed by atoms with E-state index in [1.54, 1.807) is 30.3 Å². The van der Waals surface area contributed by atoms with Crippen LogP contribution < -0.4 is 5.73 Å². The van der Waals surface area contributed by atoms with E-state index in [1.807, 2.05) is 0 Å². The number of nitrogens with two attached hydrogens (primary N) is 1. The van der Waals surface area contributed by atoms with Gasteiger partial charge in [0.25, 0.3) is 0 Å². The van der Waals surface area contributed by atoms with E-state index in [0.29, 0.717) is 5.56 Å². The standard InChI is InChI=1S/C18H13F3N2O/c19-18(20,21)14-9-12(10-16(24)11-5-2-1-3-6-11)23-17-13(14)7-4-8-15(17)22/h1-9H,10,22H2. The van der Waals surface area contributed by atoms with Crippen LogP contribution in [0.4, 0.5) is 18.9 Å². The Morgan fingerprint density at radius 1 is 1.04 bits per heavy atom. The van der Waals surface area contributed by atoms with Gasteiger partial charge in [-0.1, -0.05) is 42.5 Å². The normalized spacial score (nSPS) is 11.6. The highest BCUT2D eigenvalue weighted by Gasteiger charge is 2.33. The van der Waals surface area contributed by atoms with Crippen LogP contribution in [0.15, 0.2) is 54.6 Å². The van der Waals surface area contributed by atoms with E-state index in [0.717, 1.165) is 6.07 Å². The van der Waals surface area contributed by atoms with Crippen LogP contribution >= 0.6 is 0 Å². The zero-order chi connectivity index (χ0) is 17.3. The number of halogens is 3. The maximum atomic E-state index is 13.3. The number of ketones is 1. The third-order valence-electron chi connectivity index (χ3n) is 3.67. The van der Waals surface area contributed by atoms with Crippen molar-refractivity contribution in [2.24, 2.45) is 0 Å². The quantitative estimate of drug-likeness (QED) is 0.576. The van der Waals surface area contributed by atoms with Gasteiger partial charge in [-0.05, 0) is 12.1 Å². The lowest BCUT2D eigenvalue weighted by Crippen LogP contribution is -2.11. The highest BCUT2D eigenvalue weighted by Crippen LogP contribution is 2.36. The van der Waals surface area contributed by atoms with Crippen molar-refractivity contribution in [2.75, 3.05) is 5.73 Å². The van der Waals surface area contributed by atoms with Crippen LogP contribution in [-0.4, -0.2) is 10.8 Å². The number of fused-ring (bicyclic) bond motifs is 1. The fourth-order valence-electron chi connectivity index (χ4n) is 2.54. The van der Waals surface area contributed by atoms with Gasteiger partial charge >= 0.3 is 6.18 Å². The van der Waals surface area contributed by atoms with E-state index in [4.69, 9.17) is 5.73 Å². The summed E-state index contributed by atoms with van der Waals surface area (Å²) in [4.78, 5) is 16.4. The molecule has 0 amide bonds. The molecule has 0 saturated carbocycles. The minimum Gasteiger partial charge on any atom is -0.397 e. The molecule has 0 fully saturated rings. The fraction of sp³-hybridized carbons (Fsp3) is 0.111. The molecule has 1 heterocycles. The molecule has 6 heteroatoms. The minimum atomic E-state index is -4.56. The predicted molar refractivity (Wildman–Crippen MR) is 85.6 cm³/mol. The van der Waals surface area contributed by atoms with Gasteiger partial charge < -0.3 is 5.73 Å². The van der Waals surface area contributed by atoms with Crippen molar-refractivity contribution < 1.29 is 18.0 Å². The first-order valence-electron chi connectivity index (χ1n) is 7.20. The molecular weight excluding hydrogens is 317 g/mol. The molecule has 0 radical (unpaired) electrons. The molecule has 3 nitrogen and oxygen atoms in total. The largest absolute Gasteiger partial charge is 0.417 e. The molecule has 0 unspecified atom stereocenters. The average Bonchev–Trinajstić information content (AvgIpc) is 2.55. The van der Waals surface area contributed by atoms with E-state index in [9.17, 15) is 18.0 Å². The van der Waals surface area contributed by atoms with Gasteiger partial charge in [-0.2, -0.15) is 13.2 Å². The Balaban J connectivity index is 2.09. The van der Waals surface area contributed by atoms with E-state index in [1.165, 1.54) is 18.2 Å². The van der Waals surface area contributed by atoms with Crippen molar-refractivity contribution in [3.05, 3.63) is 71.4 Å². The molecule has 0 aliphatic carbocycles. The number of aromatic nitrogens is 1. The van der Waals surface area contributed by atoms with Gasteiger partial charge in [0.2, 0.25) is 0 Å². The summed E-state index contributed by atoms with van der Waals surface area (Å²) in [5, 5.41) is -0.0709. The number of nitrogen functional groups attached to an aromatic ring is 1.